The highest BCUT2D eigenvalue weighted by Crippen LogP contribution is 2.58. The van der Waals surface area contributed by atoms with Crippen molar-refractivity contribution in [1.29, 1.82) is 5.26 Å². The van der Waals surface area contributed by atoms with Crippen LogP contribution in [0.25, 0.3) is 0 Å². The van der Waals surface area contributed by atoms with Gasteiger partial charge in [-0.3, -0.25) is 0 Å². The number of nitrogens with zero attached hydrogens (tertiary/aromatic N) is 2. The Balaban J connectivity index is 3.42. The molecule has 1 fully saturated rings. The van der Waals surface area contributed by atoms with Crippen LogP contribution in [0.1, 0.15) is 54.4 Å². The summed E-state index contributed by atoms with van der Waals surface area (Å²) in [7, 11) is 0.998. The molecule has 1 aliphatic carbocycles. The number of hydrogen-bond acceptors (Lipinski definition) is 7. The van der Waals surface area contributed by atoms with E-state index in [0.717, 1.165) is 7.11 Å². The summed E-state index contributed by atoms with van der Waals surface area (Å²) in [6.07, 6.45) is -3.78. The molecular weight excluding hydrogens is 347 g/mol. The van der Waals surface area contributed by atoms with Crippen LogP contribution in [0.15, 0.2) is 0 Å². The maximum absolute atomic E-state index is 15.1. The summed E-state index contributed by atoms with van der Waals surface area (Å²) in [5.74, 6) is -1.16. The maximum Gasteiger partial charge on any atom is 0.420 e. The second-order valence-electron chi connectivity index (χ2n) is 8.12. The first-order valence-electron chi connectivity index (χ1n) is 8.04. The van der Waals surface area contributed by atoms with E-state index < -0.39 is 53.4 Å². The normalized spacial score (nSPS) is 24.9. The van der Waals surface area contributed by atoms with Gasteiger partial charge in [0.2, 0.25) is 0 Å². The van der Waals surface area contributed by atoms with E-state index in [1.54, 1.807) is 47.6 Å². The van der Waals surface area contributed by atoms with Crippen molar-refractivity contribution in [2.24, 2.45) is 0 Å². The Morgan fingerprint density at radius 2 is 1.50 bits per heavy atom. The molecule has 0 heterocycles. The third-order valence-corrected chi connectivity index (χ3v) is 3.57. The first kappa shape index (κ1) is 21.7. The molecule has 0 aromatic carbocycles. The topological polar surface area (TPSA) is 106 Å². The number of esters is 1. The predicted molar refractivity (Wildman–Crippen MR) is 87.7 cm³/mol. The van der Waals surface area contributed by atoms with Crippen molar-refractivity contribution < 1.29 is 33.0 Å². The third kappa shape index (κ3) is 4.23. The van der Waals surface area contributed by atoms with Gasteiger partial charge in [0, 0.05) is 6.42 Å². The van der Waals surface area contributed by atoms with Crippen molar-refractivity contribution in [3.63, 3.8) is 0 Å². The fourth-order valence-corrected chi connectivity index (χ4v) is 2.49. The lowest BCUT2D eigenvalue weighted by Crippen LogP contribution is -2.57. The van der Waals surface area contributed by atoms with Gasteiger partial charge >= 0.3 is 18.2 Å². The van der Waals surface area contributed by atoms with Crippen LogP contribution in [0, 0.1) is 11.3 Å². The molecule has 0 N–H and O–H groups in total. The van der Waals surface area contributed by atoms with Crippen LogP contribution in [0.5, 0.6) is 0 Å². The monoisotopic (exact) mass is 372 g/mol. The van der Waals surface area contributed by atoms with Crippen LogP contribution >= 0.6 is 0 Å². The quantitative estimate of drug-likeness (QED) is 0.553. The molecule has 0 radical (unpaired) electrons. The van der Waals surface area contributed by atoms with Crippen LogP contribution in [0.2, 0.25) is 0 Å². The molecule has 0 aliphatic heterocycles. The van der Waals surface area contributed by atoms with Gasteiger partial charge in [0.05, 0.1) is 19.6 Å². The molecule has 26 heavy (non-hydrogen) atoms. The second-order valence-corrected chi connectivity index (χ2v) is 8.12. The Labute approximate surface area is 152 Å². The van der Waals surface area contributed by atoms with Crippen LogP contribution in [-0.2, 0) is 19.0 Å². The Morgan fingerprint density at radius 1 is 1.08 bits per heavy atom. The van der Waals surface area contributed by atoms with E-state index in [9.17, 15) is 14.4 Å². The summed E-state index contributed by atoms with van der Waals surface area (Å²) in [5.41, 5.74) is -6.78. The summed E-state index contributed by atoms with van der Waals surface area (Å²) < 4.78 is 30.0. The molecule has 8 nitrogen and oxygen atoms in total. The fraction of sp³-hybridized carbons (Fsp3) is 0.765. The highest BCUT2D eigenvalue weighted by Gasteiger charge is 2.81. The number of carbonyl (C=O) groups excluding carboxylic acids is 3. The van der Waals surface area contributed by atoms with Gasteiger partial charge < -0.3 is 14.2 Å². The van der Waals surface area contributed by atoms with Crippen LogP contribution < -0.4 is 0 Å². The SMILES string of the molecule is COC(=O)C1(N(C(=O)OC(C)(C)C)C(=O)OC(C)(C)C)C[C@@]1(F)CC#N. The number of alkyl halides is 1. The molecule has 1 rings (SSSR count). The van der Waals surface area contributed by atoms with Gasteiger partial charge in [-0.05, 0) is 41.5 Å². The Bertz CT molecular complexity index is 617. The molecule has 1 aliphatic rings. The highest BCUT2D eigenvalue weighted by molar-refractivity contribution is 6.00. The molecule has 0 spiro atoms. The zero-order chi connectivity index (χ0) is 20.6. The van der Waals surface area contributed by atoms with Gasteiger partial charge in [0.1, 0.15) is 11.2 Å². The second kappa shape index (κ2) is 6.74. The molecule has 0 aromatic heterocycles. The number of amides is 2. The Kier molecular flexibility index (Phi) is 5.62. The lowest BCUT2D eigenvalue weighted by molar-refractivity contribution is -0.150. The van der Waals surface area contributed by atoms with E-state index in [0.29, 0.717) is 4.90 Å². The lowest BCUT2D eigenvalue weighted by atomic mass is 10.1. The van der Waals surface area contributed by atoms with Gasteiger partial charge in [-0.2, -0.15) is 10.2 Å². The lowest BCUT2D eigenvalue weighted by Gasteiger charge is -2.33. The smallest absolute Gasteiger partial charge is 0.420 e. The summed E-state index contributed by atoms with van der Waals surface area (Å²) in [5, 5.41) is 8.87. The third-order valence-electron chi connectivity index (χ3n) is 3.57. The van der Waals surface area contributed by atoms with E-state index >= 15 is 4.39 Å². The molecule has 146 valence electrons. The van der Waals surface area contributed by atoms with Crippen LogP contribution in [0.4, 0.5) is 14.0 Å². The number of rotatable bonds is 3. The fourth-order valence-electron chi connectivity index (χ4n) is 2.49. The molecule has 1 unspecified atom stereocenters. The highest BCUT2D eigenvalue weighted by atomic mass is 19.1. The van der Waals surface area contributed by atoms with Crippen molar-refractivity contribution in [3.8, 4) is 6.07 Å². The summed E-state index contributed by atoms with van der Waals surface area (Å²) >= 11 is 0. The average Bonchev–Trinajstić information content (AvgIpc) is 3.00. The maximum atomic E-state index is 15.1. The van der Waals surface area contributed by atoms with E-state index in [2.05, 4.69) is 4.74 Å². The Hall–Kier alpha value is -2.37. The summed E-state index contributed by atoms with van der Waals surface area (Å²) in [6, 6.07) is 1.62. The van der Waals surface area contributed by atoms with Crippen LogP contribution in [0.3, 0.4) is 0 Å². The molecule has 2 atom stereocenters. The molecule has 0 bridgehead atoms. The first-order chi connectivity index (χ1) is 11.6. The predicted octanol–water partition coefficient (Wildman–Crippen LogP) is 3.10. The number of ether oxygens (including phenoxy) is 3. The van der Waals surface area contributed by atoms with Crippen molar-refractivity contribution in [1.82, 2.24) is 4.90 Å². The largest absolute Gasteiger partial charge is 0.467 e. The van der Waals surface area contributed by atoms with Gasteiger partial charge in [0.25, 0.3) is 0 Å². The number of carbonyl (C=O) groups is 3. The minimum absolute atomic E-state index is 0.298. The van der Waals surface area contributed by atoms with E-state index in [1.165, 1.54) is 0 Å². The van der Waals surface area contributed by atoms with E-state index in [-0.39, 0.29) is 0 Å². The van der Waals surface area contributed by atoms with Crippen molar-refractivity contribution in [3.05, 3.63) is 0 Å². The number of halogens is 1. The minimum Gasteiger partial charge on any atom is -0.467 e. The first-order valence-corrected chi connectivity index (χ1v) is 8.04. The zero-order valence-corrected chi connectivity index (χ0v) is 16.1. The number of methoxy groups -OCH3 is 1. The standard InChI is InChI=1S/C17H25FN2O6/c1-14(2,3)25-12(22)20(13(23)26-15(4,5)6)17(11(21)24-7)10-16(17,18)8-9-19/h8,10H2,1-7H3/t16-,17?/m0/s1. The van der Waals surface area contributed by atoms with Crippen molar-refractivity contribution in [2.75, 3.05) is 7.11 Å². The molecule has 0 saturated heterocycles. The van der Waals surface area contributed by atoms with Crippen molar-refractivity contribution in [2.45, 2.75) is 76.8 Å². The van der Waals surface area contributed by atoms with Crippen molar-refractivity contribution >= 4 is 18.2 Å². The molecule has 9 heteroatoms. The number of hydrogen-bond donors (Lipinski definition) is 0. The molecule has 2 amide bonds. The van der Waals surface area contributed by atoms with E-state index in [4.69, 9.17) is 14.7 Å². The Morgan fingerprint density at radius 3 is 1.81 bits per heavy atom. The summed E-state index contributed by atoms with van der Waals surface area (Å²) in [6.45, 7) is 9.30. The molecular formula is C17H25FN2O6. The zero-order valence-electron chi connectivity index (χ0n) is 16.1. The van der Waals surface area contributed by atoms with E-state index in [1.807, 2.05) is 0 Å². The number of imide groups is 1. The molecule has 1 saturated carbocycles. The minimum atomic E-state index is -2.44. The summed E-state index contributed by atoms with van der Waals surface area (Å²) in [4.78, 5) is 37.9. The van der Waals surface area contributed by atoms with Gasteiger partial charge in [-0.25, -0.2) is 18.8 Å². The van der Waals surface area contributed by atoms with Gasteiger partial charge in [-0.15, -0.1) is 0 Å². The van der Waals surface area contributed by atoms with Gasteiger partial charge in [-0.1, -0.05) is 0 Å². The van der Waals surface area contributed by atoms with Crippen LogP contribution in [-0.4, -0.2) is 52.6 Å². The van der Waals surface area contributed by atoms with Gasteiger partial charge in [0.15, 0.2) is 11.2 Å². The molecule has 0 aromatic rings. The average molecular weight is 372 g/mol. The number of nitriles is 1.